The first-order valence-corrected chi connectivity index (χ1v) is 18.3. The van der Waals surface area contributed by atoms with Crippen LogP contribution in [0.25, 0.3) is 22.3 Å². The van der Waals surface area contributed by atoms with E-state index in [0.717, 1.165) is 22.8 Å². The summed E-state index contributed by atoms with van der Waals surface area (Å²) >= 11 is 0. The molecule has 5 aromatic rings. The van der Waals surface area contributed by atoms with Crippen molar-refractivity contribution in [1.82, 2.24) is 9.97 Å². The minimum atomic E-state index is 0. The van der Waals surface area contributed by atoms with Crippen molar-refractivity contribution in [3.63, 3.8) is 0 Å². The van der Waals surface area contributed by atoms with E-state index in [0.29, 0.717) is 29.6 Å². The number of hydrogen-bond acceptors (Lipinski definition) is 4. The average molecular weight is 1100 g/mol. The quantitative estimate of drug-likeness (QED) is 0.0977. The average Bonchev–Trinajstić information content (AvgIpc) is 3.09. The molecule has 0 bridgehead atoms. The van der Waals surface area contributed by atoms with E-state index in [1.165, 1.54) is 55.6 Å². The molecule has 0 amide bonds. The normalized spacial score (nSPS) is 10.9. The molecule has 0 fully saturated rings. The van der Waals surface area contributed by atoms with Gasteiger partial charge in [-0.3, -0.25) is 20.0 Å². The summed E-state index contributed by atoms with van der Waals surface area (Å²) in [6.07, 6.45) is 7.43. The number of halogens is 4. The van der Waals surface area contributed by atoms with Crippen molar-refractivity contribution in [2.24, 2.45) is 9.98 Å². The maximum Gasteiger partial charge on any atom is 0.0812 e. The number of benzene rings is 3. The second-order valence-corrected chi connectivity index (χ2v) is 15.0. The maximum atomic E-state index is 5.08. The molecule has 2 heterocycles. The van der Waals surface area contributed by atoms with Crippen LogP contribution in [-0.4, -0.2) is 22.4 Å². The number of nitrogens with zero attached hydrogens (tertiary/aromatic N) is 4. The van der Waals surface area contributed by atoms with Crippen molar-refractivity contribution in [2.45, 2.75) is 106 Å². The van der Waals surface area contributed by atoms with Crippen LogP contribution in [0.15, 0.2) is 95.2 Å². The van der Waals surface area contributed by atoms with Gasteiger partial charge < -0.3 is 0 Å². The molecule has 310 valence electrons. The van der Waals surface area contributed by atoms with Gasteiger partial charge in [0.1, 0.15) is 0 Å². The van der Waals surface area contributed by atoms with Gasteiger partial charge in [-0.05, 0) is 141 Å². The summed E-state index contributed by atoms with van der Waals surface area (Å²) in [6.45, 7) is 25.0. The Bertz CT molecular complexity index is 1820. The fraction of sp³-hybridized carbons (Fsp3) is 0.348. The second kappa shape index (κ2) is 25.6. The van der Waals surface area contributed by atoms with Crippen LogP contribution in [0, 0.1) is 6.92 Å². The van der Waals surface area contributed by atoms with Crippen LogP contribution >= 0.6 is 67.9 Å². The second-order valence-electron chi connectivity index (χ2n) is 15.0. The topological polar surface area (TPSA) is 50.5 Å². The molecule has 0 aliphatic rings. The van der Waals surface area contributed by atoms with Crippen molar-refractivity contribution >= 4 is 91.7 Å². The fourth-order valence-electron chi connectivity index (χ4n) is 6.57. The summed E-state index contributed by atoms with van der Waals surface area (Å²) in [7, 11) is 0. The molecular weight excluding hydrogens is 1050 g/mol. The van der Waals surface area contributed by atoms with Gasteiger partial charge >= 0.3 is 0 Å². The number of aliphatic imine (C=N–C) groups is 2. The predicted molar refractivity (Wildman–Crippen MR) is 257 cm³/mol. The smallest absolute Gasteiger partial charge is 0.0812 e. The van der Waals surface area contributed by atoms with E-state index in [9.17, 15) is 0 Å². The Morgan fingerprint density at radius 1 is 0.464 bits per heavy atom. The van der Waals surface area contributed by atoms with Crippen molar-refractivity contribution in [3.8, 4) is 22.3 Å². The monoisotopic (exact) mass is 1100 g/mol. The van der Waals surface area contributed by atoms with Gasteiger partial charge in [0.05, 0.1) is 35.2 Å². The third kappa shape index (κ3) is 13.6. The number of rotatable bonds is 11. The number of pyridine rings is 2. The van der Waals surface area contributed by atoms with Crippen molar-refractivity contribution in [2.75, 3.05) is 0 Å². The Labute approximate surface area is 399 Å². The molecule has 0 unspecified atom stereocenters. The summed E-state index contributed by atoms with van der Waals surface area (Å²) in [4.78, 5) is 19.1. The first kappa shape index (κ1) is 56.3. The van der Waals surface area contributed by atoms with Gasteiger partial charge in [0, 0.05) is 45.4 Å². The fourth-order valence-corrected chi connectivity index (χ4v) is 6.57. The molecule has 3 aromatic carbocycles. The van der Waals surface area contributed by atoms with Crippen molar-refractivity contribution < 1.29 is 33.0 Å². The molecule has 0 saturated heterocycles. The molecule has 56 heavy (non-hydrogen) atoms. The van der Waals surface area contributed by atoms with Crippen LogP contribution in [0.5, 0.6) is 0 Å². The van der Waals surface area contributed by atoms with Gasteiger partial charge in [0.25, 0.3) is 0 Å². The standard InChI is InChI=1S/C46H54N4.4BrH.2Ni/c1-28(2)34-20-43(35-22-39(29(3)4)45(40(23-35)30(5)6)49-26-37-16-12-14-18-47-37)33(11)44(21-34)36-24-41(31(7)8)46(42(25-36)32(9)10)50-27-38-17-13-15-19-48-38;;;;;;/h12-32H,1-11H3;4*1H;;. The van der Waals surface area contributed by atoms with Crippen molar-refractivity contribution in [3.05, 3.63) is 130 Å². The molecule has 0 spiro atoms. The van der Waals surface area contributed by atoms with E-state index in [1.54, 1.807) is 0 Å². The van der Waals surface area contributed by atoms with Gasteiger partial charge in [-0.25, -0.2) is 0 Å². The first-order chi connectivity index (χ1) is 23.8. The van der Waals surface area contributed by atoms with Crippen LogP contribution in [0.1, 0.15) is 144 Å². The van der Waals surface area contributed by atoms with Gasteiger partial charge in [0.2, 0.25) is 0 Å². The summed E-state index contributed by atoms with van der Waals surface area (Å²) in [5.74, 6) is 1.59. The SMILES string of the molecule is Br.Br.Br.Br.Cc1c(-c2cc(C(C)C)c(N=Cc3ccccn3)c(C(C)C)c2)cc(C(C)C)cc1-c1cc(C(C)C)c(N=Cc2ccccn2)c(C(C)C)c1.[Ni].[Ni]. The molecule has 0 N–H and O–H groups in total. The minimum Gasteiger partial charge on any atom is -0.255 e. The molecule has 4 nitrogen and oxygen atoms in total. The largest absolute Gasteiger partial charge is 0.255 e. The molecule has 0 aliphatic heterocycles. The Balaban J connectivity index is 0. The summed E-state index contributed by atoms with van der Waals surface area (Å²) in [5, 5.41) is 0. The summed E-state index contributed by atoms with van der Waals surface area (Å²) < 4.78 is 0. The van der Waals surface area contributed by atoms with Crippen LogP contribution in [-0.2, 0) is 33.0 Å². The molecule has 0 saturated carbocycles. The van der Waals surface area contributed by atoms with Crippen LogP contribution in [0.4, 0.5) is 11.4 Å². The molecule has 0 atom stereocenters. The molecular formula is C46H58Br4N4Ni2. The maximum absolute atomic E-state index is 5.08. The van der Waals surface area contributed by atoms with E-state index in [1.807, 2.05) is 61.2 Å². The van der Waals surface area contributed by atoms with Crippen LogP contribution in [0.2, 0.25) is 0 Å². The van der Waals surface area contributed by atoms with E-state index >= 15 is 0 Å². The summed E-state index contributed by atoms with van der Waals surface area (Å²) in [5.41, 5.74) is 16.6. The zero-order valence-corrected chi connectivity index (χ0v) is 43.0. The van der Waals surface area contributed by atoms with E-state index < -0.39 is 0 Å². The van der Waals surface area contributed by atoms with Crippen molar-refractivity contribution in [1.29, 1.82) is 0 Å². The third-order valence-electron chi connectivity index (χ3n) is 9.57. The molecule has 0 radical (unpaired) electrons. The van der Waals surface area contributed by atoms with E-state index in [-0.39, 0.29) is 101 Å². The Morgan fingerprint density at radius 3 is 1.04 bits per heavy atom. The molecule has 0 aliphatic carbocycles. The minimum absolute atomic E-state index is 0. The van der Waals surface area contributed by atoms with E-state index in [2.05, 4.69) is 123 Å². The predicted octanol–water partition coefficient (Wildman–Crippen LogP) is 15.5. The number of aromatic nitrogens is 2. The molecule has 10 heteroatoms. The zero-order chi connectivity index (χ0) is 36.1. The third-order valence-corrected chi connectivity index (χ3v) is 9.57. The zero-order valence-electron chi connectivity index (χ0n) is 34.2. The summed E-state index contributed by atoms with van der Waals surface area (Å²) in [6, 6.07) is 26.2. The first-order valence-electron chi connectivity index (χ1n) is 18.3. The van der Waals surface area contributed by atoms with Gasteiger partial charge in [0.15, 0.2) is 0 Å². The Morgan fingerprint density at radius 2 is 0.786 bits per heavy atom. The Hall–Kier alpha value is -1.79. The van der Waals surface area contributed by atoms with E-state index in [4.69, 9.17) is 9.98 Å². The Kier molecular flexibility index (Phi) is 25.8. The molecule has 2 aromatic heterocycles. The van der Waals surface area contributed by atoms with Crippen LogP contribution in [0.3, 0.4) is 0 Å². The van der Waals surface area contributed by atoms with Crippen LogP contribution < -0.4 is 0 Å². The van der Waals surface area contributed by atoms with Gasteiger partial charge in [-0.1, -0.05) is 93.5 Å². The van der Waals surface area contributed by atoms with Gasteiger partial charge in [-0.2, -0.15) is 0 Å². The molecule has 5 rings (SSSR count). The van der Waals surface area contributed by atoms with Gasteiger partial charge in [-0.15, -0.1) is 67.9 Å². The number of hydrogen-bond donors (Lipinski definition) is 0.